The molecule has 1 atom stereocenters. The van der Waals surface area contributed by atoms with Crippen LogP contribution in [0.5, 0.6) is 0 Å². The molecule has 1 amide bonds. The van der Waals surface area contributed by atoms with Crippen molar-refractivity contribution < 1.29 is 19.1 Å². The molecule has 3 N–H and O–H groups in total. The third-order valence-corrected chi connectivity index (χ3v) is 2.65. The largest absolute Gasteiger partial charge is 0.464 e. The Kier molecular flexibility index (Phi) is 4.87. The van der Waals surface area contributed by atoms with Crippen LogP contribution in [-0.4, -0.2) is 49.0 Å². The summed E-state index contributed by atoms with van der Waals surface area (Å²) in [5, 5.41) is 6.81. The normalized spacial score (nSPS) is 12.0. The van der Waals surface area contributed by atoms with Gasteiger partial charge in [-0.2, -0.15) is 5.10 Å². The van der Waals surface area contributed by atoms with Crippen molar-refractivity contribution in [2.75, 3.05) is 26.6 Å². The number of nitrogens with one attached hydrogen (secondary N) is 1. The van der Waals surface area contributed by atoms with Crippen LogP contribution < -0.4 is 11.1 Å². The molecule has 1 rings (SSSR count). The van der Waals surface area contributed by atoms with E-state index in [1.807, 2.05) is 6.92 Å². The van der Waals surface area contributed by atoms with E-state index in [-0.39, 0.29) is 23.2 Å². The first-order valence-electron chi connectivity index (χ1n) is 5.65. The van der Waals surface area contributed by atoms with Gasteiger partial charge in [-0.1, -0.05) is 0 Å². The molecule has 8 heteroatoms. The van der Waals surface area contributed by atoms with Crippen LogP contribution in [0.15, 0.2) is 0 Å². The van der Waals surface area contributed by atoms with Gasteiger partial charge in [0.05, 0.1) is 19.8 Å². The van der Waals surface area contributed by atoms with Crippen molar-refractivity contribution in [2.45, 2.75) is 19.6 Å². The van der Waals surface area contributed by atoms with Crippen molar-refractivity contribution in [1.29, 1.82) is 0 Å². The number of nitrogens with zero attached hydrogens (tertiary/aromatic N) is 2. The fourth-order valence-electron chi connectivity index (χ4n) is 1.64. The van der Waals surface area contributed by atoms with E-state index in [1.165, 1.54) is 18.9 Å². The highest BCUT2D eigenvalue weighted by Crippen LogP contribution is 2.21. The van der Waals surface area contributed by atoms with Gasteiger partial charge in [-0.05, 0) is 6.92 Å². The summed E-state index contributed by atoms with van der Waals surface area (Å²) in [7, 11) is 4.35. The zero-order chi connectivity index (χ0) is 14.6. The molecule has 0 aromatic carbocycles. The molecule has 0 saturated heterocycles. The summed E-state index contributed by atoms with van der Waals surface area (Å²) < 4.78 is 11.1. The lowest BCUT2D eigenvalue weighted by Gasteiger charge is -2.11. The lowest BCUT2D eigenvalue weighted by atomic mass is 10.2. The molecule has 0 saturated carbocycles. The predicted octanol–water partition coefficient (Wildman–Crippen LogP) is -0.155. The van der Waals surface area contributed by atoms with E-state index in [9.17, 15) is 9.59 Å². The number of nitrogens with two attached hydrogens (primary N) is 1. The van der Waals surface area contributed by atoms with Crippen LogP contribution in [0.4, 0.5) is 5.69 Å². The third kappa shape index (κ3) is 3.02. The van der Waals surface area contributed by atoms with Crippen LogP contribution in [0.2, 0.25) is 0 Å². The molecule has 0 spiro atoms. The number of amides is 1. The Labute approximate surface area is 110 Å². The van der Waals surface area contributed by atoms with E-state index >= 15 is 0 Å². The van der Waals surface area contributed by atoms with Gasteiger partial charge in [0, 0.05) is 14.2 Å². The fraction of sp³-hybridized carbons (Fsp3) is 0.545. The van der Waals surface area contributed by atoms with Crippen LogP contribution in [0.1, 0.15) is 27.9 Å². The van der Waals surface area contributed by atoms with Gasteiger partial charge in [-0.15, -0.1) is 0 Å². The average molecular weight is 270 g/mol. The van der Waals surface area contributed by atoms with E-state index in [0.29, 0.717) is 6.54 Å². The molecule has 1 aromatic rings. The Balaban J connectivity index is 3.33. The van der Waals surface area contributed by atoms with Gasteiger partial charge in [0.15, 0.2) is 5.69 Å². The van der Waals surface area contributed by atoms with Crippen LogP contribution in [0.3, 0.4) is 0 Å². The molecule has 0 aliphatic rings. The number of rotatable bonds is 6. The molecule has 0 aliphatic heterocycles. The van der Waals surface area contributed by atoms with Gasteiger partial charge >= 0.3 is 5.97 Å². The number of hydrogen-bond acceptors (Lipinski definition) is 6. The van der Waals surface area contributed by atoms with Gasteiger partial charge in [-0.3, -0.25) is 9.48 Å². The molecular formula is C11H18N4O4. The third-order valence-electron chi connectivity index (χ3n) is 2.65. The summed E-state index contributed by atoms with van der Waals surface area (Å²) in [6.07, 6.45) is -0.187. The van der Waals surface area contributed by atoms with E-state index in [1.54, 1.807) is 7.05 Å². The first kappa shape index (κ1) is 15.0. The second-order valence-electron chi connectivity index (χ2n) is 3.91. The van der Waals surface area contributed by atoms with Crippen molar-refractivity contribution in [1.82, 2.24) is 9.78 Å². The number of ether oxygens (including phenoxy) is 2. The number of carbonyl (C=O) groups excluding carboxylic acids is 2. The SMILES string of the molecule is CNc1c(C(=O)OC)nn(CC(C)OC)c1C(N)=O. The Morgan fingerprint density at radius 1 is 1.47 bits per heavy atom. The van der Waals surface area contributed by atoms with Crippen molar-refractivity contribution >= 4 is 17.6 Å². The minimum absolute atomic E-state index is 0.0158. The van der Waals surface area contributed by atoms with Crippen molar-refractivity contribution in [3.63, 3.8) is 0 Å². The highest BCUT2D eigenvalue weighted by Gasteiger charge is 2.26. The number of hydrogen-bond donors (Lipinski definition) is 2. The van der Waals surface area contributed by atoms with Gasteiger partial charge in [0.2, 0.25) is 0 Å². The van der Waals surface area contributed by atoms with Crippen LogP contribution >= 0.6 is 0 Å². The van der Waals surface area contributed by atoms with Crippen molar-refractivity contribution in [2.24, 2.45) is 5.73 Å². The van der Waals surface area contributed by atoms with E-state index < -0.39 is 11.9 Å². The summed E-state index contributed by atoms with van der Waals surface area (Å²) in [6, 6.07) is 0. The van der Waals surface area contributed by atoms with Gasteiger partial charge in [-0.25, -0.2) is 4.79 Å². The van der Waals surface area contributed by atoms with Crippen molar-refractivity contribution in [3.8, 4) is 0 Å². The Hall–Kier alpha value is -2.09. The molecule has 8 nitrogen and oxygen atoms in total. The lowest BCUT2D eigenvalue weighted by molar-refractivity contribution is 0.0591. The second kappa shape index (κ2) is 6.19. The van der Waals surface area contributed by atoms with Gasteiger partial charge in [0.25, 0.3) is 5.91 Å². The maximum absolute atomic E-state index is 11.6. The smallest absolute Gasteiger partial charge is 0.360 e. The zero-order valence-electron chi connectivity index (χ0n) is 11.4. The minimum Gasteiger partial charge on any atom is -0.464 e. The molecular weight excluding hydrogens is 252 g/mol. The summed E-state index contributed by atoms with van der Waals surface area (Å²) in [4.78, 5) is 23.1. The first-order chi connectivity index (χ1) is 8.96. The monoisotopic (exact) mass is 270 g/mol. The molecule has 0 radical (unpaired) electrons. The molecule has 1 aromatic heterocycles. The lowest BCUT2D eigenvalue weighted by Crippen LogP contribution is -2.23. The summed E-state index contributed by atoms with van der Waals surface area (Å²) >= 11 is 0. The number of anilines is 1. The number of aromatic nitrogens is 2. The van der Waals surface area contributed by atoms with Crippen LogP contribution in [0.25, 0.3) is 0 Å². The molecule has 1 heterocycles. The molecule has 19 heavy (non-hydrogen) atoms. The second-order valence-corrected chi connectivity index (χ2v) is 3.91. The molecule has 1 unspecified atom stereocenters. The summed E-state index contributed by atoms with van der Waals surface area (Å²) in [6.45, 7) is 2.10. The number of esters is 1. The minimum atomic E-state index is -0.685. The van der Waals surface area contributed by atoms with Gasteiger partial charge in [0.1, 0.15) is 11.4 Å². The number of primary amides is 1. The fourth-order valence-corrected chi connectivity index (χ4v) is 1.64. The molecule has 106 valence electrons. The van der Waals surface area contributed by atoms with E-state index in [4.69, 9.17) is 10.5 Å². The van der Waals surface area contributed by atoms with Crippen LogP contribution in [0, 0.1) is 0 Å². The van der Waals surface area contributed by atoms with Gasteiger partial charge < -0.3 is 20.5 Å². The Morgan fingerprint density at radius 2 is 2.11 bits per heavy atom. The topological polar surface area (TPSA) is 108 Å². The summed E-state index contributed by atoms with van der Waals surface area (Å²) in [5.41, 5.74) is 5.72. The maximum Gasteiger partial charge on any atom is 0.360 e. The Bertz CT molecular complexity index is 483. The van der Waals surface area contributed by atoms with E-state index in [0.717, 1.165) is 0 Å². The van der Waals surface area contributed by atoms with Crippen molar-refractivity contribution in [3.05, 3.63) is 11.4 Å². The first-order valence-corrected chi connectivity index (χ1v) is 5.65. The summed E-state index contributed by atoms with van der Waals surface area (Å²) in [5.74, 6) is -1.33. The highest BCUT2D eigenvalue weighted by molar-refractivity contribution is 6.03. The predicted molar refractivity (Wildman–Crippen MR) is 68.1 cm³/mol. The number of methoxy groups -OCH3 is 2. The quantitative estimate of drug-likeness (QED) is 0.696. The highest BCUT2D eigenvalue weighted by atomic mass is 16.5. The Morgan fingerprint density at radius 3 is 2.53 bits per heavy atom. The average Bonchev–Trinajstić information content (AvgIpc) is 2.75. The molecule has 0 aliphatic carbocycles. The van der Waals surface area contributed by atoms with E-state index in [2.05, 4.69) is 15.2 Å². The molecule has 0 bridgehead atoms. The zero-order valence-corrected chi connectivity index (χ0v) is 11.4. The maximum atomic E-state index is 11.6. The standard InChI is InChI=1S/C11H18N4O4/c1-6(18-3)5-15-9(10(12)16)7(13-2)8(14-15)11(17)19-4/h6,13H,5H2,1-4H3,(H2,12,16). The van der Waals surface area contributed by atoms with Crippen LogP contribution in [-0.2, 0) is 16.0 Å². The number of carbonyl (C=O) groups is 2. The molecule has 0 fully saturated rings.